The zero-order chi connectivity index (χ0) is 31.4. The van der Waals surface area contributed by atoms with Crippen LogP contribution in [0.2, 0.25) is 0 Å². The summed E-state index contributed by atoms with van der Waals surface area (Å²) in [4.78, 5) is 23.8. The molecule has 1 heterocycles. The van der Waals surface area contributed by atoms with Gasteiger partial charge < -0.3 is 4.74 Å². The van der Waals surface area contributed by atoms with Crippen molar-refractivity contribution in [2.24, 2.45) is 9.98 Å². The van der Waals surface area contributed by atoms with Gasteiger partial charge in [-0.1, -0.05) is 88.9 Å². The van der Waals surface area contributed by atoms with Gasteiger partial charge in [0.05, 0.1) is 23.4 Å². The molecule has 224 valence electrons. The molecule has 5 aromatic rings. The molecule has 0 amide bonds. The van der Waals surface area contributed by atoms with Crippen LogP contribution >= 0.6 is 34.7 Å². The molecule has 1 aromatic heterocycles. The highest BCUT2D eigenvalue weighted by Gasteiger charge is 2.29. The van der Waals surface area contributed by atoms with E-state index < -0.39 is 25.0 Å². The monoisotopic (exact) mass is 664 g/mol. The number of nitrogens with zero attached hydrogens (tertiary/aromatic N) is 4. The van der Waals surface area contributed by atoms with Crippen molar-refractivity contribution in [2.75, 3.05) is 7.11 Å². The zero-order valence-electron chi connectivity index (χ0n) is 23.8. The van der Waals surface area contributed by atoms with E-state index in [1.165, 1.54) is 23.8 Å². The molecule has 8 nitrogen and oxygen atoms in total. The van der Waals surface area contributed by atoms with Gasteiger partial charge in [0.1, 0.15) is 10.2 Å². The van der Waals surface area contributed by atoms with Gasteiger partial charge in [-0.15, -0.1) is 0 Å². The molecule has 0 atom stereocenters. The Morgan fingerprint density at radius 3 is 1.98 bits per heavy atom. The fourth-order valence-corrected chi connectivity index (χ4v) is 7.57. The average Bonchev–Trinajstić information content (AvgIpc) is 3.32. The van der Waals surface area contributed by atoms with Crippen LogP contribution in [0.15, 0.2) is 127 Å². The Hall–Kier alpha value is -4.22. The summed E-state index contributed by atoms with van der Waals surface area (Å²) in [5.74, 6) is 0.870. The van der Waals surface area contributed by atoms with Crippen LogP contribution in [0.1, 0.15) is 16.7 Å². The number of aromatic nitrogens is 2. The largest absolute Gasteiger partial charge is 0.497 e. The predicted octanol–water partition coefficient (Wildman–Crippen LogP) is 7.04. The minimum Gasteiger partial charge on any atom is -0.497 e. The summed E-state index contributed by atoms with van der Waals surface area (Å²) in [5, 5.41) is -0.583. The van der Waals surface area contributed by atoms with Gasteiger partial charge in [0.25, 0.3) is 0 Å². The van der Waals surface area contributed by atoms with Crippen molar-refractivity contribution in [1.82, 2.24) is 8.52 Å². The molecule has 0 fully saturated rings. The van der Waals surface area contributed by atoms with Crippen molar-refractivity contribution in [3.05, 3.63) is 140 Å². The Balaban J connectivity index is 1.81. The van der Waals surface area contributed by atoms with E-state index in [4.69, 9.17) is 37.9 Å². The van der Waals surface area contributed by atoms with Crippen molar-refractivity contribution < 1.29 is 13.2 Å². The van der Waals surface area contributed by atoms with E-state index in [9.17, 15) is 13.2 Å². The highest BCUT2D eigenvalue weighted by Crippen LogP contribution is 2.30. The first-order valence-electron chi connectivity index (χ1n) is 13.2. The fraction of sp³-hybridized carbons (Fsp3) is 0.0938. The summed E-state index contributed by atoms with van der Waals surface area (Å²) in [6.07, 6.45) is 0. The number of rotatable bonds is 7. The molecule has 44 heavy (non-hydrogen) atoms. The van der Waals surface area contributed by atoms with Crippen molar-refractivity contribution in [3.63, 3.8) is 0 Å². The third kappa shape index (κ3) is 6.63. The van der Waals surface area contributed by atoms with Crippen LogP contribution in [-0.4, -0.2) is 29.9 Å². The van der Waals surface area contributed by atoms with E-state index in [0.717, 1.165) is 26.6 Å². The maximum atomic E-state index is 14.1. The molecule has 0 saturated heterocycles. The Bertz CT molecular complexity index is 2090. The second kappa shape index (κ2) is 13.2. The van der Waals surface area contributed by atoms with Gasteiger partial charge in [-0.3, -0.25) is 0 Å². The predicted molar refractivity (Wildman–Crippen MR) is 177 cm³/mol. The lowest BCUT2D eigenvalue weighted by Gasteiger charge is -2.09. The Kier molecular flexibility index (Phi) is 9.36. The van der Waals surface area contributed by atoms with E-state index >= 15 is 0 Å². The van der Waals surface area contributed by atoms with Crippen LogP contribution in [0, 0.1) is 13.8 Å². The highest BCUT2D eigenvalue weighted by molar-refractivity contribution is 8.00. The maximum Gasteiger partial charge on any atom is 0.349 e. The molecule has 0 radical (unpaired) electrons. The molecule has 5 rings (SSSR count). The van der Waals surface area contributed by atoms with E-state index in [1.54, 1.807) is 36.4 Å². The molecule has 0 unspecified atom stereocenters. The Morgan fingerprint density at radius 1 is 0.818 bits per heavy atom. The summed E-state index contributed by atoms with van der Waals surface area (Å²) >= 11 is 13.2. The number of aryl methyl sites for hydroxylation is 2. The lowest BCUT2D eigenvalue weighted by atomic mass is 10.2. The Morgan fingerprint density at radius 2 is 1.41 bits per heavy atom. The maximum absolute atomic E-state index is 14.1. The molecular formula is C32H26Cl2N4O4S2. The number of hydrogen-bond acceptors (Lipinski definition) is 6. The fourth-order valence-electron chi connectivity index (χ4n) is 4.18. The minimum absolute atomic E-state index is 0.0717. The number of ether oxygens (including phenoxy) is 1. The highest BCUT2D eigenvalue weighted by atomic mass is 35.5. The van der Waals surface area contributed by atoms with Crippen LogP contribution in [0.4, 0.5) is 5.69 Å². The molecular weight excluding hydrogens is 639 g/mol. The number of halogens is 2. The smallest absolute Gasteiger partial charge is 0.349 e. The van der Waals surface area contributed by atoms with Gasteiger partial charge in [-0.2, -0.15) is 8.95 Å². The number of hydrogen-bond donors (Lipinski definition) is 0. The van der Waals surface area contributed by atoms with Crippen molar-refractivity contribution >= 4 is 61.1 Å². The van der Waals surface area contributed by atoms with Crippen molar-refractivity contribution in [2.45, 2.75) is 18.7 Å². The first kappa shape index (κ1) is 31.2. The lowest BCUT2D eigenvalue weighted by Crippen LogP contribution is -2.29. The number of benzene rings is 4. The summed E-state index contributed by atoms with van der Waals surface area (Å²) in [6, 6.07) is 29.7. The third-order valence-corrected chi connectivity index (χ3v) is 9.94. The van der Waals surface area contributed by atoms with E-state index in [-0.39, 0.29) is 9.70 Å². The van der Waals surface area contributed by atoms with Gasteiger partial charge in [0.2, 0.25) is 14.6 Å². The molecule has 12 heteroatoms. The quantitative estimate of drug-likeness (QED) is 0.138. The molecule has 0 spiro atoms. The number of aliphatic imine (C=N–C) groups is 1. The first-order chi connectivity index (χ1) is 21.1. The van der Waals surface area contributed by atoms with Gasteiger partial charge >= 0.3 is 5.69 Å². The topological polar surface area (TPSA) is 95.0 Å². The standard InChI is InChI=1S/C32H26Cl2N4O4S2/c1-21-9-13-24(14-10-21)35-29(23-7-5-4-6-8-23)36-31-37(25-15-17-26(42-3)18-16-25)32(39)38(43-31)30(28(33)34)44(40,41)27-19-11-22(2)12-20-27/h4-20H,1-3H3. The SMILES string of the molecule is COc1ccc(-n2c(=NC(=Nc3ccc(C)cc3)c3ccccc3)sn(C(=C(Cl)Cl)S(=O)(=O)c3ccc(C)cc3)c2=O)cc1. The Labute approximate surface area is 268 Å². The molecule has 0 aliphatic heterocycles. The van der Waals surface area contributed by atoms with E-state index in [1.807, 2.05) is 68.4 Å². The number of sulfone groups is 1. The van der Waals surface area contributed by atoms with Gasteiger partial charge in [-0.05, 0) is 73.9 Å². The second-order valence-corrected chi connectivity index (χ2v) is 13.3. The van der Waals surface area contributed by atoms with Crippen molar-refractivity contribution in [3.8, 4) is 11.4 Å². The zero-order valence-corrected chi connectivity index (χ0v) is 27.0. The van der Waals surface area contributed by atoms with Gasteiger partial charge in [-0.25, -0.2) is 22.8 Å². The number of methoxy groups -OCH3 is 1. The molecule has 0 saturated carbocycles. The normalized spacial score (nSPS) is 12.3. The molecule has 4 aromatic carbocycles. The summed E-state index contributed by atoms with van der Waals surface area (Å²) < 4.78 is 34.6. The molecule has 0 bridgehead atoms. The minimum atomic E-state index is -4.34. The summed E-state index contributed by atoms with van der Waals surface area (Å²) in [6.45, 7) is 3.81. The lowest BCUT2D eigenvalue weighted by molar-refractivity contribution is 0.414. The number of amidine groups is 1. The third-order valence-electron chi connectivity index (χ3n) is 6.49. The van der Waals surface area contributed by atoms with Gasteiger partial charge in [0.15, 0.2) is 10.9 Å². The van der Waals surface area contributed by atoms with Gasteiger partial charge in [0, 0.05) is 5.56 Å². The molecule has 0 aliphatic rings. The van der Waals surface area contributed by atoms with Crippen LogP contribution in [0.25, 0.3) is 10.7 Å². The van der Waals surface area contributed by atoms with E-state index in [0.29, 0.717) is 28.5 Å². The molecule has 0 N–H and O–H groups in total. The first-order valence-corrected chi connectivity index (χ1v) is 16.2. The summed E-state index contributed by atoms with van der Waals surface area (Å²) in [7, 11) is -2.81. The summed E-state index contributed by atoms with van der Waals surface area (Å²) in [5.41, 5.74) is 2.92. The average molecular weight is 666 g/mol. The van der Waals surface area contributed by atoms with Crippen LogP contribution in [0.5, 0.6) is 5.75 Å². The van der Waals surface area contributed by atoms with Crippen LogP contribution in [0.3, 0.4) is 0 Å². The van der Waals surface area contributed by atoms with Crippen LogP contribution in [-0.2, 0) is 9.84 Å². The molecule has 0 aliphatic carbocycles. The van der Waals surface area contributed by atoms with E-state index in [2.05, 4.69) is 0 Å². The second-order valence-electron chi connectivity index (χ2n) is 9.62. The van der Waals surface area contributed by atoms with Crippen LogP contribution < -0.4 is 15.2 Å². The van der Waals surface area contributed by atoms with Crippen molar-refractivity contribution in [1.29, 1.82) is 0 Å².